The molecule has 4 nitrogen and oxygen atoms in total. The molecule has 5 atom stereocenters. The third kappa shape index (κ3) is 2.75. The fraction of sp³-hybridized carbons (Fsp3) is 0.579. The van der Waals surface area contributed by atoms with Crippen molar-refractivity contribution < 1.29 is 14.3 Å². The van der Waals surface area contributed by atoms with E-state index in [9.17, 15) is 9.59 Å². The van der Waals surface area contributed by atoms with E-state index in [4.69, 9.17) is 4.74 Å². The molecule has 2 amide bonds. The molecule has 0 aromatic heterocycles. The normalized spacial score (nSPS) is 33.3. The zero-order valence-corrected chi connectivity index (χ0v) is 13.5. The predicted octanol–water partition coefficient (Wildman–Crippen LogP) is 3.26. The number of amides is 2. The largest absolute Gasteiger partial charge is 0.447 e. The summed E-state index contributed by atoms with van der Waals surface area (Å²) in [5.41, 5.74) is 1.13. The Morgan fingerprint density at radius 3 is 2.61 bits per heavy atom. The number of carbonyl (C=O) groups is 2. The minimum absolute atomic E-state index is 0.0419. The highest BCUT2D eigenvalue weighted by Crippen LogP contribution is 2.56. The number of hydrogen-bond donors (Lipinski definition) is 0. The summed E-state index contributed by atoms with van der Waals surface area (Å²) in [5, 5.41) is 0. The molecule has 2 aliphatic carbocycles. The Balaban J connectivity index is 1.46. The van der Waals surface area contributed by atoms with Gasteiger partial charge in [0.15, 0.2) is 0 Å². The van der Waals surface area contributed by atoms with Gasteiger partial charge in [-0.25, -0.2) is 9.69 Å². The van der Waals surface area contributed by atoms with Gasteiger partial charge in [0.2, 0.25) is 5.91 Å². The van der Waals surface area contributed by atoms with Gasteiger partial charge in [-0.2, -0.15) is 0 Å². The molecule has 3 fully saturated rings. The second-order valence-corrected chi connectivity index (χ2v) is 7.40. The van der Waals surface area contributed by atoms with Gasteiger partial charge < -0.3 is 4.74 Å². The van der Waals surface area contributed by atoms with Gasteiger partial charge in [-0.1, -0.05) is 37.3 Å². The summed E-state index contributed by atoms with van der Waals surface area (Å²) in [5.74, 6) is 2.02. The maximum absolute atomic E-state index is 12.9. The van der Waals surface area contributed by atoms with Crippen LogP contribution in [0.25, 0.3) is 0 Å². The number of nitrogens with zero attached hydrogens (tertiary/aromatic N) is 1. The van der Waals surface area contributed by atoms with E-state index in [0.29, 0.717) is 18.9 Å². The SMILES string of the molecule is C[C@H](C(=O)N1C(=O)OC[C@@H]1Cc1ccccc1)C1C[C@@H]2C[C@@H]2C1. The van der Waals surface area contributed by atoms with E-state index in [1.165, 1.54) is 11.3 Å². The highest BCUT2D eigenvalue weighted by atomic mass is 16.6. The number of hydrogen-bond acceptors (Lipinski definition) is 3. The molecular formula is C19H23NO3. The van der Waals surface area contributed by atoms with Crippen LogP contribution in [0.1, 0.15) is 31.7 Å². The summed E-state index contributed by atoms with van der Waals surface area (Å²) in [7, 11) is 0. The molecule has 4 rings (SSSR count). The first-order valence-corrected chi connectivity index (χ1v) is 8.67. The average molecular weight is 313 g/mol. The Hall–Kier alpha value is -1.84. The number of fused-ring (bicyclic) bond motifs is 1. The van der Waals surface area contributed by atoms with Gasteiger partial charge in [-0.05, 0) is 49.0 Å². The maximum Gasteiger partial charge on any atom is 0.416 e. The minimum atomic E-state index is -0.467. The first-order valence-electron chi connectivity index (χ1n) is 8.67. The van der Waals surface area contributed by atoms with Crippen LogP contribution < -0.4 is 0 Å². The second kappa shape index (κ2) is 5.66. The molecule has 0 bridgehead atoms. The van der Waals surface area contributed by atoms with E-state index < -0.39 is 6.09 Å². The molecule has 1 saturated heterocycles. The monoisotopic (exact) mass is 313 g/mol. The summed E-state index contributed by atoms with van der Waals surface area (Å²) in [6.07, 6.45) is 3.86. The molecule has 1 aromatic carbocycles. The van der Waals surface area contributed by atoms with E-state index in [0.717, 1.165) is 30.2 Å². The Morgan fingerprint density at radius 2 is 1.91 bits per heavy atom. The number of rotatable bonds is 4. The van der Waals surface area contributed by atoms with Crippen molar-refractivity contribution in [2.24, 2.45) is 23.7 Å². The standard InChI is InChI=1S/C19H23NO3/c1-12(14-8-15-10-16(15)9-14)18(21)20-17(11-23-19(20)22)7-13-5-3-2-4-6-13/h2-6,12,14-17H,7-11H2,1H3/t12-,14?,15-,16+,17-/m0/s1. The van der Waals surface area contributed by atoms with Crippen molar-refractivity contribution in [1.82, 2.24) is 4.90 Å². The molecule has 2 saturated carbocycles. The smallest absolute Gasteiger partial charge is 0.416 e. The molecule has 1 aliphatic heterocycles. The molecule has 0 N–H and O–H groups in total. The molecule has 122 valence electrons. The van der Waals surface area contributed by atoms with E-state index in [-0.39, 0.29) is 17.9 Å². The lowest BCUT2D eigenvalue weighted by atomic mass is 9.88. The van der Waals surface area contributed by atoms with Gasteiger partial charge in [0.05, 0.1) is 6.04 Å². The van der Waals surface area contributed by atoms with E-state index in [1.54, 1.807) is 0 Å². The van der Waals surface area contributed by atoms with Crippen LogP contribution in [0.3, 0.4) is 0 Å². The third-order valence-electron chi connectivity index (χ3n) is 5.89. The van der Waals surface area contributed by atoms with E-state index >= 15 is 0 Å². The van der Waals surface area contributed by atoms with Crippen LogP contribution >= 0.6 is 0 Å². The Morgan fingerprint density at radius 1 is 1.22 bits per heavy atom. The number of cyclic esters (lactones) is 1. The highest BCUT2D eigenvalue weighted by molar-refractivity contribution is 5.94. The molecule has 3 aliphatic rings. The first-order chi connectivity index (χ1) is 11.1. The average Bonchev–Trinajstić information content (AvgIpc) is 3.00. The van der Waals surface area contributed by atoms with Gasteiger partial charge in [0.1, 0.15) is 6.61 Å². The topological polar surface area (TPSA) is 46.6 Å². The summed E-state index contributed by atoms with van der Waals surface area (Å²) < 4.78 is 5.18. The van der Waals surface area contributed by atoms with Crippen LogP contribution in [0.15, 0.2) is 30.3 Å². The first kappa shape index (κ1) is 14.7. The Bertz CT molecular complexity index is 604. The number of carbonyl (C=O) groups excluding carboxylic acids is 2. The van der Waals surface area contributed by atoms with Crippen molar-refractivity contribution in [3.05, 3.63) is 35.9 Å². The fourth-order valence-corrected chi connectivity index (χ4v) is 4.36. The zero-order valence-electron chi connectivity index (χ0n) is 13.5. The molecule has 1 unspecified atom stereocenters. The van der Waals surface area contributed by atoms with Crippen molar-refractivity contribution in [3.63, 3.8) is 0 Å². The second-order valence-electron chi connectivity index (χ2n) is 7.40. The zero-order chi connectivity index (χ0) is 16.0. The van der Waals surface area contributed by atoms with Crippen LogP contribution in [0.4, 0.5) is 4.79 Å². The van der Waals surface area contributed by atoms with Gasteiger partial charge in [0, 0.05) is 5.92 Å². The van der Waals surface area contributed by atoms with Crippen molar-refractivity contribution in [1.29, 1.82) is 0 Å². The van der Waals surface area contributed by atoms with Gasteiger partial charge >= 0.3 is 6.09 Å². The van der Waals surface area contributed by atoms with Gasteiger partial charge in [-0.15, -0.1) is 0 Å². The molecule has 4 heteroatoms. The molecular weight excluding hydrogens is 290 g/mol. The van der Waals surface area contributed by atoms with Gasteiger partial charge in [0.25, 0.3) is 0 Å². The van der Waals surface area contributed by atoms with Gasteiger partial charge in [-0.3, -0.25) is 4.79 Å². The predicted molar refractivity (Wildman–Crippen MR) is 85.6 cm³/mol. The minimum Gasteiger partial charge on any atom is -0.447 e. The highest BCUT2D eigenvalue weighted by Gasteiger charge is 2.50. The number of ether oxygens (including phenoxy) is 1. The van der Waals surface area contributed by atoms with Crippen molar-refractivity contribution in [2.45, 2.75) is 38.6 Å². The quantitative estimate of drug-likeness (QED) is 0.857. The molecule has 23 heavy (non-hydrogen) atoms. The van der Waals surface area contributed by atoms with E-state index in [1.807, 2.05) is 37.3 Å². The summed E-state index contributed by atoms with van der Waals surface area (Å²) in [4.78, 5) is 26.4. The molecule has 1 heterocycles. The van der Waals surface area contributed by atoms with Crippen molar-refractivity contribution >= 4 is 12.0 Å². The Kier molecular flexibility index (Phi) is 3.63. The lowest BCUT2D eigenvalue weighted by molar-refractivity contribution is -0.134. The maximum atomic E-state index is 12.9. The molecule has 0 spiro atoms. The lowest BCUT2D eigenvalue weighted by Crippen LogP contribution is -2.44. The van der Waals surface area contributed by atoms with Crippen LogP contribution in [0.5, 0.6) is 0 Å². The van der Waals surface area contributed by atoms with Crippen molar-refractivity contribution in [2.75, 3.05) is 6.61 Å². The summed E-state index contributed by atoms with van der Waals surface area (Å²) in [6, 6.07) is 9.81. The molecule has 0 radical (unpaired) electrons. The van der Waals surface area contributed by atoms with Crippen molar-refractivity contribution in [3.8, 4) is 0 Å². The lowest BCUT2D eigenvalue weighted by Gasteiger charge is -2.26. The summed E-state index contributed by atoms with van der Waals surface area (Å²) in [6.45, 7) is 2.30. The third-order valence-corrected chi connectivity index (χ3v) is 5.89. The Labute approximate surface area is 136 Å². The summed E-state index contributed by atoms with van der Waals surface area (Å²) >= 11 is 0. The van der Waals surface area contributed by atoms with Crippen LogP contribution in [-0.4, -0.2) is 29.5 Å². The van der Waals surface area contributed by atoms with Crippen LogP contribution in [-0.2, 0) is 16.0 Å². The number of imide groups is 1. The number of benzene rings is 1. The fourth-order valence-electron chi connectivity index (χ4n) is 4.36. The molecule has 1 aromatic rings. The van der Waals surface area contributed by atoms with Crippen LogP contribution in [0.2, 0.25) is 0 Å². The van der Waals surface area contributed by atoms with E-state index in [2.05, 4.69) is 0 Å². The van der Waals surface area contributed by atoms with Crippen LogP contribution in [0, 0.1) is 23.7 Å².